The molecule has 1 aromatic carbocycles. The van der Waals surface area contributed by atoms with Gasteiger partial charge in [-0.15, -0.1) is 0 Å². The van der Waals surface area contributed by atoms with Crippen molar-refractivity contribution in [2.75, 3.05) is 32.6 Å². The minimum atomic E-state index is -0.0285. The number of anilines is 2. The molecule has 1 aromatic heterocycles. The smallest absolute Gasteiger partial charge is 0.256 e. The SMILES string of the molecule is COc1cc(Nc2ncc(C(=O)N3CCC(C)CC3)cn2)c(OC)cc1Cl. The number of amides is 1. The van der Waals surface area contributed by atoms with E-state index in [1.165, 1.54) is 19.5 Å². The second kappa shape index (κ2) is 8.43. The summed E-state index contributed by atoms with van der Waals surface area (Å²) in [4.78, 5) is 22.9. The van der Waals surface area contributed by atoms with Gasteiger partial charge in [0.1, 0.15) is 11.5 Å². The van der Waals surface area contributed by atoms with E-state index in [-0.39, 0.29) is 5.91 Å². The van der Waals surface area contributed by atoms with E-state index < -0.39 is 0 Å². The number of nitrogens with zero attached hydrogens (tertiary/aromatic N) is 3. The van der Waals surface area contributed by atoms with E-state index in [4.69, 9.17) is 21.1 Å². The number of hydrogen-bond donors (Lipinski definition) is 1. The summed E-state index contributed by atoms with van der Waals surface area (Å²) in [6.45, 7) is 3.77. The van der Waals surface area contributed by atoms with Crippen LogP contribution < -0.4 is 14.8 Å². The lowest BCUT2D eigenvalue weighted by Gasteiger charge is -2.30. The largest absolute Gasteiger partial charge is 0.495 e. The Labute approximate surface area is 163 Å². The maximum Gasteiger partial charge on any atom is 0.256 e. The Balaban J connectivity index is 1.73. The minimum absolute atomic E-state index is 0.0285. The predicted molar refractivity (Wildman–Crippen MR) is 104 cm³/mol. The molecule has 0 aliphatic carbocycles. The Morgan fingerprint density at radius 2 is 1.78 bits per heavy atom. The van der Waals surface area contributed by atoms with Crippen molar-refractivity contribution in [3.05, 3.63) is 35.1 Å². The molecular formula is C19H23ClN4O3. The van der Waals surface area contributed by atoms with Crippen molar-refractivity contribution in [1.29, 1.82) is 0 Å². The molecule has 1 amide bonds. The predicted octanol–water partition coefficient (Wildman–Crippen LogP) is 3.76. The first-order valence-corrected chi connectivity index (χ1v) is 9.19. The van der Waals surface area contributed by atoms with E-state index >= 15 is 0 Å². The minimum Gasteiger partial charge on any atom is -0.495 e. The Kier molecular flexibility index (Phi) is 6.01. The molecule has 0 saturated carbocycles. The Bertz CT molecular complexity index is 805. The second-order valence-corrected chi connectivity index (χ2v) is 6.99. The van der Waals surface area contributed by atoms with Crippen molar-refractivity contribution in [3.8, 4) is 11.5 Å². The van der Waals surface area contributed by atoms with E-state index in [9.17, 15) is 4.79 Å². The summed E-state index contributed by atoms with van der Waals surface area (Å²) in [5.41, 5.74) is 1.10. The van der Waals surface area contributed by atoms with Crippen LogP contribution in [-0.2, 0) is 0 Å². The molecular weight excluding hydrogens is 368 g/mol. The number of ether oxygens (including phenoxy) is 2. The first-order chi connectivity index (χ1) is 13.0. The highest BCUT2D eigenvalue weighted by molar-refractivity contribution is 6.32. The lowest BCUT2D eigenvalue weighted by Crippen LogP contribution is -2.38. The molecule has 0 bridgehead atoms. The van der Waals surface area contributed by atoms with E-state index in [1.807, 2.05) is 4.90 Å². The van der Waals surface area contributed by atoms with E-state index in [1.54, 1.807) is 19.2 Å². The van der Waals surface area contributed by atoms with Crippen molar-refractivity contribution in [3.63, 3.8) is 0 Å². The van der Waals surface area contributed by atoms with Gasteiger partial charge in [0.25, 0.3) is 5.91 Å². The molecule has 1 aliphatic heterocycles. The molecule has 144 valence electrons. The third kappa shape index (κ3) is 4.42. The fraction of sp³-hybridized carbons (Fsp3) is 0.421. The average molecular weight is 391 g/mol. The van der Waals surface area contributed by atoms with E-state index in [2.05, 4.69) is 22.2 Å². The van der Waals surface area contributed by atoms with Gasteiger partial charge in [-0.25, -0.2) is 9.97 Å². The molecule has 27 heavy (non-hydrogen) atoms. The second-order valence-electron chi connectivity index (χ2n) is 6.58. The maximum atomic E-state index is 12.6. The van der Waals surface area contributed by atoms with E-state index in [0.717, 1.165) is 25.9 Å². The highest BCUT2D eigenvalue weighted by Crippen LogP contribution is 2.36. The van der Waals surface area contributed by atoms with Crippen LogP contribution >= 0.6 is 11.6 Å². The standard InChI is InChI=1S/C19H23ClN4O3/c1-12-4-6-24(7-5-12)18(25)13-10-21-19(22-11-13)23-15-9-16(26-2)14(20)8-17(15)27-3/h8-12H,4-7H2,1-3H3,(H,21,22,23). The van der Waals surface area contributed by atoms with Crippen LogP contribution in [0.2, 0.25) is 5.02 Å². The van der Waals surface area contributed by atoms with Gasteiger partial charge in [-0.2, -0.15) is 0 Å². The van der Waals surface area contributed by atoms with Crippen molar-refractivity contribution in [2.24, 2.45) is 5.92 Å². The Hall–Kier alpha value is -2.54. The van der Waals surface area contributed by atoms with Gasteiger partial charge in [-0.1, -0.05) is 18.5 Å². The molecule has 0 spiro atoms. The van der Waals surface area contributed by atoms with Gasteiger partial charge < -0.3 is 19.7 Å². The lowest BCUT2D eigenvalue weighted by atomic mass is 9.99. The Morgan fingerprint density at radius 1 is 1.15 bits per heavy atom. The van der Waals surface area contributed by atoms with Crippen LogP contribution in [0.1, 0.15) is 30.1 Å². The number of carbonyl (C=O) groups excluding carboxylic acids is 1. The van der Waals surface area contributed by atoms with Crippen LogP contribution in [0, 0.1) is 5.92 Å². The number of piperidine rings is 1. The van der Waals surface area contributed by atoms with Gasteiger partial charge in [0.2, 0.25) is 5.95 Å². The topological polar surface area (TPSA) is 76.6 Å². The summed E-state index contributed by atoms with van der Waals surface area (Å²) in [7, 11) is 3.08. The summed E-state index contributed by atoms with van der Waals surface area (Å²) < 4.78 is 10.6. The number of benzene rings is 1. The number of rotatable bonds is 5. The van der Waals surface area contributed by atoms with Crippen LogP contribution in [0.4, 0.5) is 11.6 Å². The molecule has 1 N–H and O–H groups in total. The van der Waals surface area contributed by atoms with Crippen molar-refractivity contribution >= 4 is 29.1 Å². The highest BCUT2D eigenvalue weighted by Gasteiger charge is 2.22. The summed E-state index contributed by atoms with van der Waals surface area (Å²) in [6.07, 6.45) is 5.14. The fourth-order valence-corrected chi connectivity index (χ4v) is 3.21. The van der Waals surface area contributed by atoms with Crippen LogP contribution in [0.3, 0.4) is 0 Å². The summed E-state index contributed by atoms with van der Waals surface area (Å²) in [5.74, 6) is 2.03. The zero-order valence-corrected chi connectivity index (χ0v) is 16.4. The third-order valence-corrected chi connectivity index (χ3v) is 4.99. The number of methoxy groups -OCH3 is 2. The molecule has 2 heterocycles. The van der Waals surface area contributed by atoms with Gasteiger partial charge in [0.15, 0.2) is 0 Å². The first kappa shape index (κ1) is 19.2. The van der Waals surface area contributed by atoms with Crippen molar-refractivity contribution < 1.29 is 14.3 Å². The molecule has 0 radical (unpaired) electrons. The van der Waals surface area contributed by atoms with Crippen LogP contribution in [0.15, 0.2) is 24.5 Å². The van der Waals surface area contributed by atoms with Crippen LogP contribution in [-0.4, -0.2) is 48.1 Å². The number of carbonyl (C=O) groups is 1. The van der Waals surface area contributed by atoms with Gasteiger partial charge in [-0.3, -0.25) is 4.79 Å². The molecule has 3 rings (SSSR count). The zero-order chi connectivity index (χ0) is 19.4. The quantitative estimate of drug-likeness (QED) is 0.837. The molecule has 1 fully saturated rings. The Morgan fingerprint density at radius 3 is 2.37 bits per heavy atom. The number of hydrogen-bond acceptors (Lipinski definition) is 6. The number of aromatic nitrogens is 2. The molecule has 1 saturated heterocycles. The van der Waals surface area contributed by atoms with Crippen LogP contribution in [0.25, 0.3) is 0 Å². The summed E-state index contributed by atoms with van der Waals surface area (Å²) in [6, 6.07) is 3.36. The highest BCUT2D eigenvalue weighted by atomic mass is 35.5. The maximum absolute atomic E-state index is 12.6. The molecule has 8 heteroatoms. The van der Waals surface area contributed by atoms with Crippen LogP contribution in [0.5, 0.6) is 11.5 Å². The van der Waals surface area contributed by atoms with Crippen molar-refractivity contribution in [2.45, 2.75) is 19.8 Å². The number of halogens is 1. The van der Waals surface area contributed by atoms with Gasteiger partial charge >= 0.3 is 0 Å². The molecule has 0 atom stereocenters. The van der Waals surface area contributed by atoms with Gasteiger partial charge in [0, 0.05) is 37.6 Å². The van der Waals surface area contributed by atoms with Crippen molar-refractivity contribution in [1.82, 2.24) is 14.9 Å². The summed E-state index contributed by atoms with van der Waals surface area (Å²) >= 11 is 6.12. The molecule has 7 nitrogen and oxygen atoms in total. The van der Waals surface area contributed by atoms with Gasteiger partial charge in [0.05, 0.1) is 30.5 Å². The molecule has 2 aromatic rings. The fourth-order valence-electron chi connectivity index (χ4n) is 2.98. The number of nitrogens with one attached hydrogen (secondary N) is 1. The number of likely N-dealkylation sites (tertiary alicyclic amines) is 1. The lowest BCUT2D eigenvalue weighted by molar-refractivity contribution is 0.0696. The van der Waals surface area contributed by atoms with Gasteiger partial charge in [-0.05, 0) is 18.8 Å². The first-order valence-electron chi connectivity index (χ1n) is 8.81. The third-order valence-electron chi connectivity index (χ3n) is 4.69. The zero-order valence-electron chi connectivity index (χ0n) is 15.7. The monoisotopic (exact) mass is 390 g/mol. The molecule has 0 unspecified atom stereocenters. The van der Waals surface area contributed by atoms with E-state index in [0.29, 0.717) is 39.6 Å². The summed E-state index contributed by atoms with van der Waals surface area (Å²) in [5, 5.41) is 3.51. The normalized spacial score (nSPS) is 14.7. The average Bonchev–Trinajstić information content (AvgIpc) is 2.69. The molecule has 1 aliphatic rings.